The minimum atomic E-state index is -0.284. The minimum Gasteiger partial charge on any atom is -0.437 e. The highest BCUT2D eigenvalue weighted by Gasteiger charge is 2.27. The summed E-state index contributed by atoms with van der Waals surface area (Å²) in [6.07, 6.45) is 5.21. The van der Waals surface area contributed by atoms with Crippen LogP contribution in [0.4, 0.5) is 16.0 Å². The maximum Gasteiger partial charge on any atom is 0.232 e. The average molecular weight is 516 g/mol. The van der Waals surface area contributed by atoms with E-state index >= 15 is 0 Å². The number of nitrogens with two attached hydrogens (primary N) is 1. The molecule has 0 unspecified atom stereocenters. The van der Waals surface area contributed by atoms with Crippen molar-refractivity contribution in [2.24, 2.45) is 5.73 Å². The zero-order valence-corrected chi connectivity index (χ0v) is 22.0. The van der Waals surface area contributed by atoms with Gasteiger partial charge in [-0.2, -0.15) is 0 Å². The molecule has 0 bridgehead atoms. The fraction of sp³-hybridized carbons (Fsp3) is 0.414. The van der Waals surface area contributed by atoms with Crippen molar-refractivity contribution in [1.82, 2.24) is 19.9 Å². The van der Waals surface area contributed by atoms with Crippen molar-refractivity contribution in [1.29, 1.82) is 0 Å². The molecule has 4 aromatic rings. The van der Waals surface area contributed by atoms with Crippen LogP contribution in [0.15, 0.2) is 53.3 Å². The summed E-state index contributed by atoms with van der Waals surface area (Å²) < 4.78 is 20.3. The first-order valence-electron chi connectivity index (χ1n) is 13.5. The van der Waals surface area contributed by atoms with Gasteiger partial charge in [-0.15, -0.1) is 0 Å². The molecule has 0 radical (unpaired) electrons. The molecule has 1 aromatic carbocycles. The molecule has 0 saturated carbocycles. The second-order valence-corrected chi connectivity index (χ2v) is 10.5. The number of fused-ring (bicyclic) bond motifs is 1. The lowest BCUT2D eigenvalue weighted by atomic mass is 9.99. The predicted molar refractivity (Wildman–Crippen MR) is 149 cm³/mol. The Kier molecular flexibility index (Phi) is 6.71. The highest BCUT2D eigenvalue weighted by atomic mass is 19.1. The van der Waals surface area contributed by atoms with E-state index in [-0.39, 0.29) is 11.9 Å². The number of piperazine rings is 1. The Hall–Kier alpha value is -3.56. The molecule has 38 heavy (non-hydrogen) atoms. The maximum absolute atomic E-state index is 13.9. The average Bonchev–Trinajstić information content (AvgIpc) is 3.34. The van der Waals surface area contributed by atoms with Gasteiger partial charge < -0.3 is 20.0 Å². The number of aromatic nitrogens is 3. The highest BCUT2D eigenvalue weighted by molar-refractivity contribution is 6.06. The van der Waals surface area contributed by atoms with Crippen LogP contribution in [0.1, 0.15) is 26.7 Å². The van der Waals surface area contributed by atoms with Gasteiger partial charge in [0.25, 0.3) is 0 Å². The molecule has 198 valence electrons. The minimum absolute atomic E-state index is 0.206. The maximum atomic E-state index is 13.9. The molecule has 8 nitrogen and oxygen atoms in total. The van der Waals surface area contributed by atoms with Crippen LogP contribution in [0.5, 0.6) is 0 Å². The lowest BCUT2D eigenvalue weighted by molar-refractivity contribution is 0.209. The summed E-state index contributed by atoms with van der Waals surface area (Å²) in [7, 11) is 0. The third-order valence-electron chi connectivity index (χ3n) is 7.82. The van der Waals surface area contributed by atoms with Gasteiger partial charge in [-0.25, -0.2) is 19.3 Å². The summed E-state index contributed by atoms with van der Waals surface area (Å²) >= 11 is 0. The molecule has 0 spiro atoms. The molecule has 9 heteroatoms. The van der Waals surface area contributed by atoms with Crippen LogP contribution in [-0.2, 0) is 0 Å². The fourth-order valence-electron chi connectivity index (χ4n) is 5.54. The monoisotopic (exact) mass is 515 g/mol. The Balaban J connectivity index is 1.40. The molecule has 0 atom stereocenters. The molecule has 0 aliphatic carbocycles. The third kappa shape index (κ3) is 4.72. The van der Waals surface area contributed by atoms with Crippen molar-refractivity contribution in [2.45, 2.75) is 38.8 Å². The Morgan fingerprint density at radius 1 is 0.868 bits per heavy atom. The molecule has 2 saturated heterocycles. The Morgan fingerprint density at radius 3 is 2.24 bits per heavy atom. The first-order valence-corrected chi connectivity index (χ1v) is 13.5. The number of halogens is 1. The van der Waals surface area contributed by atoms with E-state index in [1.54, 1.807) is 18.5 Å². The number of benzene rings is 1. The summed E-state index contributed by atoms with van der Waals surface area (Å²) in [6, 6.07) is 11.4. The smallest absolute Gasteiger partial charge is 0.232 e. The second-order valence-electron chi connectivity index (χ2n) is 10.5. The fourth-order valence-corrected chi connectivity index (χ4v) is 5.54. The van der Waals surface area contributed by atoms with Crippen molar-refractivity contribution in [3.63, 3.8) is 0 Å². The van der Waals surface area contributed by atoms with Gasteiger partial charge in [-0.05, 0) is 56.5 Å². The van der Waals surface area contributed by atoms with Crippen molar-refractivity contribution < 1.29 is 8.81 Å². The molecule has 2 N–H and O–H groups in total. The highest BCUT2D eigenvalue weighted by Crippen LogP contribution is 2.43. The van der Waals surface area contributed by atoms with Crippen LogP contribution >= 0.6 is 0 Å². The number of anilines is 2. The number of rotatable bonds is 5. The summed E-state index contributed by atoms with van der Waals surface area (Å²) in [4.78, 5) is 21.0. The van der Waals surface area contributed by atoms with Crippen LogP contribution in [0, 0.1) is 5.82 Å². The van der Waals surface area contributed by atoms with E-state index in [1.807, 2.05) is 6.20 Å². The summed E-state index contributed by atoms with van der Waals surface area (Å²) in [5, 5.41) is 0.832. The van der Waals surface area contributed by atoms with Gasteiger partial charge in [-0.1, -0.05) is 12.1 Å². The van der Waals surface area contributed by atoms with E-state index in [0.717, 1.165) is 85.8 Å². The molecule has 2 fully saturated rings. The normalized spacial score (nSPS) is 17.6. The Bertz CT molecular complexity index is 1390. The van der Waals surface area contributed by atoms with Gasteiger partial charge in [0.05, 0.1) is 5.39 Å². The predicted octanol–water partition coefficient (Wildman–Crippen LogP) is 4.55. The van der Waals surface area contributed by atoms with E-state index < -0.39 is 0 Å². The van der Waals surface area contributed by atoms with Crippen LogP contribution < -0.4 is 15.5 Å². The molecule has 2 aliphatic rings. The number of hydrogen-bond donors (Lipinski definition) is 1. The molecule has 5 heterocycles. The number of nitrogens with zero attached hydrogens (tertiary/aromatic N) is 6. The summed E-state index contributed by atoms with van der Waals surface area (Å²) in [5.74, 6) is 2.16. The van der Waals surface area contributed by atoms with Crippen molar-refractivity contribution in [3.05, 3.63) is 54.7 Å². The van der Waals surface area contributed by atoms with Gasteiger partial charge in [-0.3, -0.25) is 4.90 Å². The number of hydrogen-bond acceptors (Lipinski definition) is 8. The van der Waals surface area contributed by atoms with Gasteiger partial charge in [0.2, 0.25) is 5.71 Å². The van der Waals surface area contributed by atoms with Gasteiger partial charge in [0, 0.05) is 68.7 Å². The zero-order chi connectivity index (χ0) is 26.2. The molecule has 0 amide bonds. The van der Waals surface area contributed by atoms with E-state index in [4.69, 9.17) is 15.1 Å². The van der Waals surface area contributed by atoms with Gasteiger partial charge in [0.1, 0.15) is 29.5 Å². The largest absolute Gasteiger partial charge is 0.437 e. The van der Waals surface area contributed by atoms with Crippen LogP contribution in [0.25, 0.3) is 33.6 Å². The van der Waals surface area contributed by atoms with Gasteiger partial charge >= 0.3 is 0 Å². The topological polar surface area (TPSA) is 87.6 Å². The van der Waals surface area contributed by atoms with Gasteiger partial charge in [0.15, 0.2) is 0 Å². The van der Waals surface area contributed by atoms with E-state index in [0.29, 0.717) is 17.5 Å². The first-order chi connectivity index (χ1) is 18.5. The van der Waals surface area contributed by atoms with Crippen LogP contribution in [0.3, 0.4) is 0 Å². The van der Waals surface area contributed by atoms with Crippen LogP contribution in [0.2, 0.25) is 0 Å². The molecule has 3 aromatic heterocycles. The quantitative estimate of drug-likeness (QED) is 0.414. The Labute approximate surface area is 222 Å². The second kappa shape index (κ2) is 10.3. The van der Waals surface area contributed by atoms with Crippen molar-refractivity contribution in [2.75, 3.05) is 49.1 Å². The standard InChI is InChI=1S/C29H34FN7O/c1-19(2)35-13-15-36(16-14-35)24-8-5-21(17-32-24)27-25(20-3-6-22(30)7-4-20)26-28(33-18-34-29(26)38-27)37-11-9-23(31)10-12-37/h3-8,17-19,23H,9-16,31H2,1-2H3. The van der Waals surface area contributed by atoms with Crippen molar-refractivity contribution in [3.8, 4) is 22.5 Å². The number of piperidine rings is 1. The van der Waals surface area contributed by atoms with E-state index in [1.165, 1.54) is 12.1 Å². The Morgan fingerprint density at radius 2 is 1.58 bits per heavy atom. The number of pyridine rings is 1. The summed E-state index contributed by atoms with van der Waals surface area (Å²) in [6.45, 7) is 10.1. The van der Waals surface area contributed by atoms with Crippen molar-refractivity contribution >= 4 is 22.7 Å². The van der Waals surface area contributed by atoms with Crippen LogP contribution in [-0.4, -0.2) is 71.2 Å². The first kappa shape index (κ1) is 24.8. The molecular weight excluding hydrogens is 481 g/mol. The SMILES string of the molecule is CC(C)N1CCN(c2ccc(-c3oc4ncnc(N5CCC(N)CC5)c4c3-c3ccc(F)cc3)cn2)CC1. The zero-order valence-electron chi connectivity index (χ0n) is 22.0. The molecule has 6 rings (SSSR count). The summed E-state index contributed by atoms with van der Waals surface area (Å²) in [5.41, 5.74) is 9.21. The van der Waals surface area contributed by atoms with E-state index in [2.05, 4.69) is 50.6 Å². The molecular formula is C29H34FN7O. The molecule has 2 aliphatic heterocycles. The number of furan rings is 1. The van der Waals surface area contributed by atoms with E-state index in [9.17, 15) is 4.39 Å². The lowest BCUT2D eigenvalue weighted by Gasteiger charge is -2.37. The third-order valence-corrected chi connectivity index (χ3v) is 7.82. The lowest BCUT2D eigenvalue weighted by Crippen LogP contribution is -2.49.